The average molecular weight is 294 g/mol. The second kappa shape index (κ2) is 5.71. The fourth-order valence-corrected chi connectivity index (χ4v) is 6.46. The van der Waals surface area contributed by atoms with E-state index in [1.807, 2.05) is 0 Å². The number of hydrogen-bond acceptors (Lipinski definition) is 3. The van der Waals surface area contributed by atoms with Crippen LogP contribution in [-0.4, -0.2) is 21.7 Å². The summed E-state index contributed by atoms with van der Waals surface area (Å²) < 4.78 is 6.72. The van der Waals surface area contributed by atoms with E-state index in [4.69, 9.17) is 4.74 Å². The van der Waals surface area contributed by atoms with Crippen molar-refractivity contribution in [1.29, 1.82) is 0 Å². The predicted octanol–water partition coefficient (Wildman–Crippen LogP) is 4.74. The quantitative estimate of drug-likeness (QED) is 0.780. The van der Waals surface area contributed by atoms with Gasteiger partial charge in [-0.15, -0.1) is 23.5 Å². The van der Waals surface area contributed by atoms with Gasteiger partial charge >= 0.3 is 0 Å². The molecule has 104 valence electrons. The fourth-order valence-electron chi connectivity index (χ4n) is 2.93. The van der Waals surface area contributed by atoms with Crippen LogP contribution in [0.5, 0.6) is 0 Å². The molecule has 0 aliphatic carbocycles. The summed E-state index contributed by atoms with van der Waals surface area (Å²) in [5, 5.41) is 0. The van der Waals surface area contributed by atoms with Crippen LogP contribution in [0.25, 0.3) is 0 Å². The molecule has 0 unspecified atom stereocenters. The summed E-state index contributed by atoms with van der Waals surface area (Å²) in [6.45, 7) is 4.56. The molecule has 1 spiro atoms. The second-order valence-corrected chi connectivity index (χ2v) is 8.88. The number of thioether (sulfide) groups is 2. The van der Waals surface area contributed by atoms with E-state index in [0.29, 0.717) is 12.0 Å². The number of benzene rings is 1. The molecule has 2 aliphatic rings. The van der Waals surface area contributed by atoms with E-state index in [0.717, 1.165) is 0 Å². The van der Waals surface area contributed by atoms with Crippen molar-refractivity contribution in [2.24, 2.45) is 5.92 Å². The fraction of sp³-hybridized carbons (Fsp3) is 0.625. The Morgan fingerprint density at radius 3 is 2.47 bits per heavy atom. The highest BCUT2D eigenvalue weighted by Gasteiger charge is 2.51. The van der Waals surface area contributed by atoms with Gasteiger partial charge in [0.1, 0.15) is 6.10 Å². The third kappa shape index (κ3) is 2.70. The molecular formula is C16H22OS2. The van der Waals surface area contributed by atoms with Gasteiger partial charge in [0.05, 0.1) is 10.2 Å². The molecule has 3 heteroatoms. The van der Waals surface area contributed by atoms with Crippen LogP contribution in [0.15, 0.2) is 30.3 Å². The van der Waals surface area contributed by atoms with Gasteiger partial charge in [-0.3, -0.25) is 0 Å². The lowest BCUT2D eigenvalue weighted by atomic mass is 10.0. The zero-order valence-corrected chi connectivity index (χ0v) is 13.3. The lowest BCUT2D eigenvalue weighted by molar-refractivity contribution is 0.0182. The van der Waals surface area contributed by atoms with Crippen molar-refractivity contribution in [1.82, 2.24) is 0 Å². The van der Waals surface area contributed by atoms with Crippen molar-refractivity contribution >= 4 is 23.5 Å². The van der Waals surface area contributed by atoms with Gasteiger partial charge in [-0.2, -0.15) is 0 Å². The molecule has 0 radical (unpaired) electrons. The van der Waals surface area contributed by atoms with Crippen molar-refractivity contribution in [2.75, 3.05) is 11.5 Å². The summed E-state index contributed by atoms with van der Waals surface area (Å²) >= 11 is 4.27. The van der Waals surface area contributed by atoms with Crippen molar-refractivity contribution < 1.29 is 4.74 Å². The summed E-state index contributed by atoms with van der Waals surface area (Å²) in [6, 6.07) is 10.8. The molecule has 2 heterocycles. The van der Waals surface area contributed by atoms with Crippen LogP contribution in [0.1, 0.15) is 38.4 Å². The number of ether oxygens (including phenoxy) is 1. The summed E-state index contributed by atoms with van der Waals surface area (Å²) in [5.41, 5.74) is 1.35. The normalized spacial score (nSPS) is 30.1. The van der Waals surface area contributed by atoms with Gasteiger partial charge in [0.25, 0.3) is 0 Å². The van der Waals surface area contributed by atoms with Gasteiger partial charge < -0.3 is 4.74 Å². The van der Waals surface area contributed by atoms with Crippen LogP contribution in [0.3, 0.4) is 0 Å². The van der Waals surface area contributed by atoms with Crippen LogP contribution in [0, 0.1) is 5.92 Å². The Morgan fingerprint density at radius 2 is 1.84 bits per heavy atom. The standard InChI is InChI=1S/C16H22OS2/c1-12(2)14-11-16(18-9-6-10-19-16)15(17-14)13-7-4-3-5-8-13/h3-5,7-8,12,14-15H,6,9-11H2,1-2H3/t14-,15+/m1/s1. The molecule has 2 aliphatic heterocycles. The zero-order chi connectivity index (χ0) is 13.3. The van der Waals surface area contributed by atoms with E-state index in [9.17, 15) is 0 Å². The molecule has 2 atom stereocenters. The molecule has 0 bridgehead atoms. The Kier molecular flexibility index (Phi) is 4.16. The van der Waals surface area contributed by atoms with Crippen molar-refractivity contribution in [3.05, 3.63) is 35.9 Å². The van der Waals surface area contributed by atoms with E-state index in [2.05, 4.69) is 67.7 Å². The first-order chi connectivity index (χ1) is 9.21. The van der Waals surface area contributed by atoms with Crippen molar-refractivity contribution in [3.63, 3.8) is 0 Å². The molecule has 2 fully saturated rings. The molecule has 1 aromatic rings. The van der Waals surface area contributed by atoms with Crippen LogP contribution in [-0.2, 0) is 4.74 Å². The van der Waals surface area contributed by atoms with Crippen molar-refractivity contribution in [2.45, 2.75) is 43.0 Å². The van der Waals surface area contributed by atoms with Crippen molar-refractivity contribution in [3.8, 4) is 0 Å². The molecule has 1 nitrogen and oxygen atoms in total. The smallest absolute Gasteiger partial charge is 0.107 e. The topological polar surface area (TPSA) is 9.23 Å². The Hall–Kier alpha value is -0.120. The Bertz CT molecular complexity index is 412. The first-order valence-electron chi connectivity index (χ1n) is 7.19. The Morgan fingerprint density at radius 1 is 1.16 bits per heavy atom. The number of hydrogen-bond donors (Lipinski definition) is 0. The maximum absolute atomic E-state index is 6.46. The largest absolute Gasteiger partial charge is 0.368 e. The molecule has 0 aromatic heterocycles. The minimum absolute atomic E-state index is 0.258. The molecule has 1 aromatic carbocycles. The van der Waals surface area contributed by atoms with E-state index in [-0.39, 0.29) is 10.2 Å². The molecule has 0 amide bonds. The molecular weight excluding hydrogens is 272 g/mol. The van der Waals surface area contributed by atoms with Gasteiger partial charge in [-0.1, -0.05) is 44.2 Å². The molecule has 0 saturated carbocycles. The van der Waals surface area contributed by atoms with Crippen LogP contribution in [0.4, 0.5) is 0 Å². The molecule has 19 heavy (non-hydrogen) atoms. The number of rotatable bonds is 2. The Labute approximate surface area is 124 Å². The highest BCUT2D eigenvalue weighted by atomic mass is 32.2. The van der Waals surface area contributed by atoms with Gasteiger partial charge in [0, 0.05) is 6.42 Å². The zero-order valence-electron chi connectivity index (χ0n) is 11.7. The van der Waals surface area contributed by atoms with Gasteiger partial charge in [-0.25, -0.2) is 0 Å². The molecule has 2 saturated heterocycles. The first kappa shape index (κ1) is 13.8. The van der Waals surface area contributed by atoms with Gasteiger partial charge in [-0.05, 0) is 29.4 Å². The predicted molar refractivity (Wildman–Crippen MR) is 85.8 cm³/mol. The third-order valence-corrected chi connectivity index (χ3v) is 7.45. The monoisotopic (exact) mass is 294 g/mol. The average Bonchev–Trinajstić information content (AvgIpc) is 2.80. The highest BCUT2D eigenvalue weighted by molar-refractivity contribution is 8.18. The molecule has 3 rings (SSSR count). The summed E-state index contributed by atoms with van der Waals surface area (Å²) in [4.78, 5) is 0. The van der Waals surface area contributed by atoms with E-state index < -0.39 is 0 Å². The summed E-state index contributed by atoms with van der Waals surface area (Å²) in [7, 11) is 0. The van der Waals surface area contributed by atoms with E-state index in [1.165, 1.54) is 29.9 Å². The summed E-state index contributed by atoms with van der Waals surface area (Å²) in [5.74, 6) is 3.17. The van der Waals surface area contributed by atoms with Gasteiger partial charge in [0.2, 0.25) is 0 Å². The highest BCUT2D eigenvalue weighted by Crippen LogP contribution is 2.59. The lowest BCUT2D eigenvalue weighted by Gasteiger charge is -2.36. The van der Waals surface area contributed by atoms with Crippen LogP contribution in [0.2, 0.25) is 0 Å². The van der Waals surface area contributed by atoms with E-state index in [1.54, 1.807) is 0 Å². The Balaban J connectivity index is 1.90. The SMILES string of the molecule is CC(C)[C@H]1CC2(SCCCS2)[C@H](c2ccccc2)O1. The van der Waals surface area contributed by atoms with Gasteiger partial charge in [0.15, 0.2) is 0 Å². The minimum atomic E-state index is 0.258. The maximum Gasteiger partial charge on any atom is 0.107 e. The van der Waals surface area contributed by atoms with Crippen LogP contribution < -0.4 is 0 Å². The first-order valence-corrected chi connectivity index (χ1v) is 9.17. The lowest BCUT2D eigenvalue weighted by Crippen LogP contribution is -2.29. The second-order valence-electron chi connectivity index (χ2n) is 5.78. The minimum Gasteiger partial charge on any atom is -0.368 e. The maximum atomic E-state index is 6.46. The summed E-state index contributed by atoms with van der Waals surface area (Å²) in [6.07, 6.45) is 3.20. The third-order valence-electron chi connectivity index (χ3n) is 4.02. The van der Waals surface area contributed by atoms with E-state index >= 15 is 0 Å². The van der Waals surface area contributed by atoms with Crippen LogP contribution >= 0.6 is 23.5 Å². The molecule has 0 N–H and O–H groups in total.